The van der Waals surface area contributed by atoms with E-state index in [-0.39, 0.29) is 10.8 Å². The number of hydrogen-bond acceptors (Lipinski definition) is 4. The van der Waals surface area contributed by atoms with E-state index in [1.165, 1.54) is 26.2 Å². The molecule has 0 saturated carbocycles. The summed E-state index contributed by atoms with van der Waals surface area (Å²) < 4.78 is 25.4. The zero-order chi connectivity index (χ0) is 16.4. The molecule has 21 heavy (non-hydrogen) atoms. The van der Waals surface area contributed by atoms with Gasteiger partial charge in [0.15, 0.2) is 0 Å². The molecule has 1 amide bonds. The van der Waals surface area contributed by atoms with Crippen LogP contribution in [0, 0.1) is 6.92 Å². The smallest absolute Gasteiger partial charge is 0.244 e. The van der Waals surface area contributed by atoms with Crippen LogP contribution in [-0.4, -0.2) is 38.3 Å². The monoisotopic (exact) mass is 313 g/mol. The molecule has 0 spiro atoms. The lowest BCUT2D eigenvalue weighted by Gasteiger charge is -2.22. The molecule has 0 aliphatic heterocycles. The second kappa shape index (κ2) is 6.13. The van der Waals surface area contributed by atoms with Crippen LogP contribution in [0.15, 0.2) is 23.1 Å². The van der Waals surface area contributed by atoms with Crippen LogP contribution in [0.5, 0.6) is 0 Å². The summed E-state index contributed by atoms with van der Waals surface area (Å²) >= 11 is 0. The van der Waals surface area contributed by atoms with Gasteiger partial charge in [-0.2, -0.15) is 0 Å². The van der Waals surface area contributed by atoms with Gasteiger partial charge in [-0.05, 0) is 38.0 Å². The van der Waals surface area contributed by atoms with Gasteiger partial charge in [0.1, 0.15) is 0 Å². The topological polar surface area (TPSA) is 92.5 Å². The van der Waals surface area contributed by atoms with Gasteiger partial charge in [0.25, 0.3) is 0 Å². The molecule has 0 aliphatic carbocycles. The summed E-state index contributed by atoms with van der Waals surface area (Å²) in [4.78, 5) is 12.2. The lowest BCUT2D eigenvalue weighted by Crippen LogP contribution is -2.47. The van der Waals surface area contributed by atoms with E-state index in [0.29, 0.717) is 12.1 Å². The predicted octanol–water partition coefficient (Wildman–Crippen LogP) is 1.31. The number of rotatable bonds is 5. The van der Waals surface area contributed by atoms with Crippen molar-refractivity contribution in [2.75, 3.05) is 19.4 Å². The van der Waals surface area contributed by atoms with E-state index in [9.17, 15) is 13.2 Å². The Morgan fingerprint density at radius 3 is 2.43 bits per heavy atom. The lowest BCUT2D eigenvalue weighted by molar-refractivity contribution is -0.120. The molecule has 0 aliphatic rings. The van der Waals surface area contributed by atoms with Crippen molar-refractivity contribution < 1.29 is 13.2 Å². The first kappa shape index (κ1) is 17.6. The van der Waals surface area contributed by atoms with Crippen LogP contribution in [0.3, 0.4) is 0 Å². The third-order valence-electron chi connectivity index (χ3n) is 3.49. The van der Waals surface area contributed by atoms with Gasteiger partial charge >= 0.3 is 0 Å². The van der Waals surface area contributed by atoms with E-state index in [4.69, 9.17) is 5.73 Å². The SMILES string of the molecule is CCC(C)(N)C(=O)Nc1cc(S(=O)(=O)N(C)C)ccc1C. The van der Waals surface area contributed by atoms with Crippen LogP contribution >= 0.6 is 0 Å². The standard InChI is InChI=1S/C14H23N3O3S/c1-6-14(3,15)13(18)16-12-9-11(8-7-10(12)2)21(19,20)17(4)5/h7-9H,6,15H2,1-5H3,(H,16,18). The van der Waals surface area contributed by atoms with E-state index < -0.39 is 15.6 Å². The number of aryl methyl sites for hydroxylation is 1. The molecular formula is C14H23N3O3S. The number of carbonyl (C=O) groups is 1. The highest BCUT2D eigenvalue weighted by Crippen LogP contribution is 2.23. The number of carbonyl (C=O) groups excluding carboxylic acids is 1. The number of nitrogens with zero attached hydrogens (tertiary/aromatic N) is 1. The van der Waals surface area contributed by atoms with Gasteiger partial charge in [0.05, 0.1) is 10.4 Å². The molecule has 118 valence electrons. The summed E-state index contributed by atoms with van der Waals surface area (Å²) in [6, 6.07) is 4.63. The normalized spacial score (nSPS) is 14.8. The molecule has 0 radical (unpaired) electrons. The molecule has 0 bridgehead atoms. The molecule has 6 nitrogen and oxygen atoms in total. The Morgan fingerprint density at radius 1 is 1.38 bits per heavy atom. The highest BCUT2D eigenvalue weighted by molar-refractivity contribution is 7.89. The van der Waals surface area contributed by atoms with Gasteiger partial charge in [0.2, 0.25) is 15.9 Å². The third kappa shape index (κ3) is 3.81. The molecule has 7 heteroatoms. The first-order valence-electron chi connectivity index (χ1n) is 6.66. The van der Waals surface area contributed by atoms with Crippen LogP contribution in [0.25, 0.3) is 0 Å². The van der Waals surface area contributed by atoms with Crippen molar-refractivity contribution >= 4 is 21.6 Å². The number of amides is 1. The summed E-state index contributed by atoms with van der Waals surface area (Å²) in [5, 5.41) is 2.71. The highest BCUT2D eigenvalue weighted by atomic mass is 32.2. The number of benzene rings is 1. The van der Waals surface area contributed by atoms with E-state index in [1.807, 2.05) is 6.92 Å². The van der Waals surface area contributed by atoms with E-state index in [1.54, 1.807) is 19.9 Å². The van der Waals surface area contributed by atoms with Crippen LogP contribution < -0.4 is 11.1 Å². The minimum atomic E-state index is -3.54. The Labute approximate surface area is 126 Å². The summed E-state index contributed by atoms with van der Waals surface area (Å²) in [6.45, 7) is 5.25. The fraction of sp³-hybridized carbons (Fsp3) is 0.500. The Balaban J connectivity index is 3.19. The number of sulfonamides is 1. The van der Waals surface area contributed by atoms with Crippen LogP contribution in [0.2, 0.25) is 0 Å². The van der Waals surface area contributed by atoms with Crippen molar-refractivity contribution in [3.63, 3.8) is 0 Å². The second-order valence-electron chi connectivity index (χ2n) is 5.49. The van der Waals surface area contributed by atoms with Crippen LogP contribution in [-0.2, 0) is 14.8 Å². The Bertz CT molecular complexity index is 637. The third-order valence-corrected chi connectivity index (χ3v) is 5.30. The molecule has 0 fully saturated rings. The molecular weight excluding hydrogens is 290 g/mol. The minimum absolute atomic E-state index is 0.128. The van der Waals surface area contributed by atoms with E-state index >= 15 is 0 Å². The Morgan fingerprint density at radius 2 is 1.95 bits per heavy atom. The number of nitrogens with two attached hydrogens (primary N) is 1. The van der Waals surface area contributed by atoms with Gasteiger partial charge in [-0.3, -0.25) is 4.79 Å². The molecule has 0 heterocycles. The first-order valence-corrected chi connectivity index (χ1v) is 8.10. The maximum absolute atomic E-state index is 12.1. The van der Waals surface area contributed by atoms with Crippen molar-refractivity contribution in [3.05, 3.63) is 23.8 Å². The van der Waals surface area contributed by atoms with Crippen molar-refractivity contribution in [2.45, 2.75) is 37.6 Å². The van der Waals surface area contributed by atoms with E-state index in [2.05, 4.69) is 5.32 Å². The van der Waals surface area contributed by atoms with Gasteiger partial charge < -0.3 is 11.1 Å². The zero-order valence-corrected chi connectivity index (χ0v) is 13.9. The number of nitrogens with one attached hydrogen (secondary N) is 1. The van der Waals surface area contributed by atoms with Crippen molar-refractivity contribution in [1.82, 2.24) is 4.31 Å². The molecule has 0 aromatic heterocycles. The molecule has 0 saturated heterocycles. The quantitative estimate of drug-likeness (QED) is 0.857. The molecule has 1 unspecified atom stereocenters. The average molecular weight is 313 g/mol. The zero-order valence-electron chi connectivity index (χ0n) is 13.1. The fourth-order valence-electron chi connectivity index (χ4n) is 1.53. The minimum Gasteiger partial charge on any atom is -0.324 e. The number of anilines is 1. The lowest BCUT2D eigenvalue weighted by atomic mass is 9.99. The Kier molecular flexibility index (Phi) is 5.14. The van der Waals surface area contributed by atoms with E-state index in [0.717, 1.165) is 9.87 Å². The van der Waals surface area contributed by atoms with Crippen molar-refractivity contribution in [2.24, 2.45) is 5.73 Å². The van der Waals surface area contributed by atoms with Gasteiger partial charge in [-0.15, -0.1) is 0 Å². The average Bonchev–Trinajstić information content (AvgIpc) is 2.40. The van der Waals surface area contributed by atoms with Crippen molar-refractivity contribution in [3.8, 4) is 0 Å². The van der Waals surface area contributed by atoms with Crippen molar-refractivity contribution in [1.29, 1.82) is 0 Å². The molecule has 3 N–H and O–H groups in total. The summed E-state index contributed by atoms with van der Waals surface area (Å²) in [7, 11) is -0.623. The van der Waals surface area contributed by atoms with Crippen LogP contribution in [0.4, 0.5) is 5.69 Å². The summed E-state index contributed by atoms with van der Waals surface area (Å²) in [6.07, 6.45) is 0.480. The molecule has 1 rings (SSSR count). The van der Waals surface area contributed by atoms with Gasteiger partial charge in [0, 0.05) is 19.8 Å². The molecule has 1 aromatic rings. The molecule has 1 atom stereocenters. The first-order chi connectivity index (χ1) is 9.52. The number of hydrogen-bond donors (Lipinski definition) is 2. The van der Waals surface area contributed by atoms with Crippen LogP contribution in [0.1, 0.15) is 25.8 Å². The second-order valence-corrected chi connectivity index (χ2v) is 7.64. The maximum Gasteiger partial charge on any atom is 0.244 e. The van der Waals surface area contributed by atoms with Gasteiger partial charge in [-0.25, -0.2) is 12.7 Å². The summed E-state index contributed by atoms with van der Waals surface area (Å²) in [5.74, 6) is -0.340. The largest absolute Gasteiger partial charge is 0.324 e. The molecule has 1 aromatic carbocycles. The maximum atomic E-state index is 12.1. The fourth-order valence-corrected chi connectivity index (χ4v) is 2.46. The van der Waals surface area contributed by atoms with Gasteiger partial charge in [-0.1, -0.05) is 13.0 Å². The summed E-state index contributed by atoms with van der Waals surface area (Å²) in [5.41, 5.74) is 6.12. The highest BCUT2D eigenvalue weighted by Gasteiger charge is 2.27. The Hall–Kier alpha value is -1.44. The predicted molar refractivity (Wildman–Crippen MR) is 83.6 cm³/mol.